The number of aryl methyl sites for hydroxylation is 2. The first-order valence-corrected chi connectivity index (χ1v) is 11.4. The summed E-state index contributed by atoms with van der Waals surface area (Å²) in [5.74, 6) is -0.884. The second kappa shape index (κ2) is 9.83. The van der Waals surface area contributed by atoms with E-state index in [2.05, 4.69) is 5.16 Å². The van der Waals surface area contributed by atoms with Gasteiger partial charge in [0.25, 0.3) is 11.8 Å². The molecular formula is C25H28FN5O4. The molecule has 1 aromatic carbocycles. The summed E-state index contributed by atoms with van der Waals surface area (Å²) in [6.07, 6.45) is 0. The Bertz CT molecular complexity index is 1270. The van der Waals surface area contributed by atoms with Gasteiger partial charge in [0, 0.05) is 37.4 Å². The number of Topliss-reactive ketones (excluding diaryl/α,β-unsaturated/α-hetero) is 1. The number of hydrogen-bond donors (Lipinski definition) is 1. The second-order valence-electron chi connectivity index (χ2n) is 8.76. The van der Waals surface area contributed by atoms with Crippen LogP contribution in [0.1, 0.15) is 53.9 Å². The maximum atomic E-state index is 14.3. The number of rotatable bonds is 7. The summed E-state index contributed by atoms with van der Waals surface area (Å²) in [5.41, 5.74) is 8.00. The number of nitrogens with zero attached hydrogens (tertiary/aromatic N) is 4. The molecule has 4 rings (SSSR count). The molecule has 3 heterocycles. The first kappa shape index (κ1) is 24.3. The number of primary amides is 1. The molecule has 1 aliphatic rings. The van der Waals surface area contributed by atoms with Crippen LogP contribution < -0.4 is 5.73 Å². The summed E-state index contributed by atoms with van der Waals surface area (Å²) in [6, 6.07) is 7.80. The lowest BCUT2D eigenvalue weighted by Crippen LogP contribution is -2.50. The molecule has 0 spiro atoms. The quantitative estimate of drug-likeness (QED) is 0.518. The molecule has 0 atom stereocenters. The van der Waals surface area contributed by atoms with Crippen molar-refractivity contribution in [3.8, 4) is 0 Å². The lowest BCUT2D eigenvalue weighted by atomic mass is 10.1. The molecule has 0 unspecified atom stereocenters. The maximum Gasteiger partial charge on any atom is 0.259 e. The Kier molecular flexibility index (Phi) is 6.83. The van der Waals surface area contributed by atoms with Gasteiger partial charge in [-0.15, -0.1) is 0 Å². The molecule has 0 saturated carbocycles. The summed E-state index contributed by atoms with van der Waals surface area (Å²) in [7, 11) is 0. The highest BCUT2D eigenvalue weighted by atomic mass is 19.1. The third kappa shape index (κ3) is 4.88. The zero-order valence-electron chi connectivity index (χ0n) is 20.0. The van der Waals surface area contributed by atoms with Crippen LogP contribution in [0.2, 0.25) is 0 Å². The van der Waals surface area contributed by atoms with Gasteiger partial charge in [0.2, 0.25) is 0 Å². The second-order valence-corrected chi connectivity index (χ2v) is 8.76. The summed E-state index contributed by atoms with van der Waals surface area (Å²) < 4.78 is 21.0. The Morgan fingerprint density at radius 2 is 1.77 bits per heavy atom. The molecule has 184 valence electrons. The van der Waals surface area contributed by atoms with E-state index in [1.165, 1.54) is 12.1 Å². The smallest absolute Gasteiger partial charge is 0.259 e. The standard InChI is InChI=1S/C25H28FN5O4/c1-15-23(17(3)35-28-15)25(34)30-10-8-29(9-11-30)14-22(32)21-12-19(24(27)33)16(2)31(21)13-18-6-4-5-7-20(18)26/h4-7,12H,8-11,13-14H2,1-3H3,(H2,27,33). The van der Waals surface area contributed by atoms with Gasteiger partial charge in [-0.1, -0.05) is 23.4 Å². The van der Waals surface area contributed by atoms with E-state index in [1.807, 2.05) is 4.90 Å². The number of carbonyl (C=O) groups excluding carboxylic acids is 3. The summed E-state index contributed by atoms with van der Waals surface area (Å²) in [5, 5.41) is 3.85. The Morgan fingerprint density at radius 1 is 1.09 bits per heavy atom. The largest absolute Gasteiger partial charge is 0.366 e. The predicted octanol–water partition coefficient (Wildman–Crippen LogP) is 2.33. The van der Waals surface area contributed by atoms with Gasteiger partial charge in [-0.25, -0.2) is 4.39 Å². The molecule has 10 heteroatoms. The van der Waals surface area contributed by atoms with Crippen molar-refractivity contribution in [3.63, 3.8) is 0 Å². The van der Waals surface area contributed by atoms with E-state index in [9.17, 15) is 18.8 Å². The van der Waals surface area contributed by atoms with E-state index in [0.717, 1.165) is 0 Å². The third-order valence-electron chi connectivity index (χ3n) is 6.48. The fraction of sp³-hybridized carbons (Fsp3) is 0.360. The van der Waals surface area contributed by atoms with Crippen LogP contribution in [0.5, 0.6) is 0 Å². The monoisotopic (exact) mass is 481 g/mol. The topological polar surface area (TPSA) is 115 Å². The number of nitrogens with two attached hydrogens (primary N) is 1. The number of hydrogen-bond acceptors (Lipinski definition) is 6. The molecule has 9 nitrogen and oxygen atoms in total. The minimum Gasteiger partial charge on any atom is -0.366 e. The van der Waals surface area contributed by atoms with Crippen LogP contribution in [0.25, 0.3) is 0 Å². The zero-order valence-corrected chi connectivity index (χ0v) is 20.0. The molecule has 2 aromatic heterocycles. The van der Waals surface area contributed by atoms with Crippen LogP contribution in [0, 0.1) is 26.6 Å². The number of amides is 2. The third-order valence-corrected chi connectivity index (χ3v) is 6.48. The Labute approximate surface area is 202 Å². The van der Waals surface area contributed by atoms with E-state index in [4.69, 9.17) is 10.3 Å². The van der Waals surface area contributed by atoms with Gasteiger partial charge in [-0.3, -0.25) is 19.3 Å². The molecule has 1 aliphatic heterocycles. The van der Waals surface area contributed by atoms with Crippen LogP contribution in [0.4, 0.5) is 4.39 Å². The van der Waals surface area contributed by atoms with Gasteiger partial charge >= 0.3 is 0 Å². The lowest BCUT2D eigenvalue weighted by Gasteiger charge is -2.34. The van der Waals surface area contributed by atoms with Crippen molar-refractivity contribution in [2.24, 2.45) is 5.73 Å². The van der Waals surface area contributed by atoms with Crippen LogP contribution in [0.3, 0.4) is 0 Å². The molecule has 1 fully saturated rings. The van der Waals surface area contributed by atoms with Crippen molar-refractivity contribution in [3.05, 3.63) is 75.7 Å². The van der Waals surface area contributed by atoms with E-state index in [-0.39, 0.29) is 30.3 Å². The van der Waals surface area contributed by atoms with Crippen molar-refractivity contribution < 1.29 is 23.3 Å². The SMILES string of the molecule is Cc1noc(C)c1C(=O)N1CCN(CC(=O)c2cc(C(N)=O)c(C)n2Cc2ccccc2F)CC1. The Hall–Kier alpha value is -3.79. The van der Waals surface area contributed by atoms with Gasteiger partial charge in [0.1, 0.15) is 17.1 Å². The molecule has 1 saturated heterocycles. The Balaban J connectivity index is 1.47. The van der Waals surface area contributed by atoms with Gasteiger partial charge in [0.15, 0.2) is 5.78 Å². The molecule has 0 bridgehead atoms. The number of halogens is 1. The number of piperazine rings is 1. The average molecular weight is 482 g/mol. The molecule has 35 heavy (non-hydrogen) atoms. The number of aromatic nitrogens is 2. The van der Waals surface area contributed by atoms with E-state index >= 15 is 0 Å². The van der Waals surface area contributed by atoms with Crippen molar-refractivity contribution in [2.45, 2.75) is 27.3 Å². The van der Waals surface area contributed by atoms with E-state index in [0.29, 0.717) is 60.1 Å². The average Bonchev–Trinajstić information content (AvgIpc) is 3.34. The molecular weight excluding hydrogens is 453 g/mol. The minimum absolute atomic E-state index is 0.103. The fourth-order valence-electron chi connectivity index (χ4n) is 4.47. The normalized spacial score (nSPS) is 14.3. The Morgan fingerprint density at radius 3 is 2.37 bits per heavy atom. The van der Waals surface area contributed by atoms with E-state index in [1.54, 1.807) is 48.4 Å². The highest BCUT2D eigenvalue weighted by Gasteiger charge is 2.28. The molecule has 2 N–H and O–H groups in total. The highest BCUT2D eigenvalue weighted by molar-refractivity contribution is 6.01. The maximum absolute atomic E-state index is 14.3. The number of ketones is 1. The predicted molar refractivity (Wildman–Crippen MR) is 126 cm³/mol. The van der Waals surface area contributed by atoms with Crippen LogP contribution in [-0.2, 0) is 6.54 Å². The van der Waals surface area contributed by atoms with E-state index < -0.39 is 11.7 Å². The van der Waals surface area contributed by atoms with Gasteiger partial charge in [-0.05, 0) is 32.9 Å². The van der Waals surface area contributed by atoms with Gasteiger partial charge < -0.3 is 19.7 Å². The number of carbonyl (C=O) groups is 3. The van der Waals surface area contributed by atoms with Gasteiger partial charge in [0.05, 0.1) is 30.0 Å². The molecule has 2 amide bonds. The minimum atomic E-state index is -0.643. The first-order valence-electron chi connectivity index (χ1n) is 11.4. The summed E-state index contributed by atoms with van der Waals surface area (Å²) in [6.45, 7) is 7.27. The van der Waals surface area contributed by atoms with Gasteiger partial charge in [-0.2, -0.15) is 0 Å². The number of benzene rings is 1. The summed E-state index contributed by atoms with van der Waals surface area (Å²) in [4.78, 5) is 41.8. The van der Waals surface area contributed by atoms with Crippen LogP contribution in [-0.4, -0.2) is 69.8 Å². The van der Waals surface area contributed by atoms with Crippen molar-refractivity contribution in [1.29, 1.82) is 0 Å². The summed E-state index contributed by atoms with van der Waals surface area (Å²) >= 11 is 0. The zero-order chi connectivity index (χ0) is 25.3. The highest BCUT2D eigenvalue weighted by Crippen LogP contribution is 2.21. The first-order chi connectivity index (χ1) is 16.7. The van der Waals surface area contributed by atoms with Crippen LogP contribution in [0.15, 0.2) is 34.9 Å². The molecule has 0 aliphatic carbocycles. The molecule has 0 radical (unpaired) electrons. The van der Waals surface area contributed by atoms with Crippen molar-refractivity contribution in [2.75, 3.05) is 32.7 Å². The van der Waals surface area contributed by atoms with Crippen molar-refractivity contribution >= 4 is 17.6 Å². The fourth-order valence-corrected chi connectivity index (χ4v) is 4.47. The van der Waals surface area contributed by atoms with Crippen molar-refractivity contribution in [1.82, 2.24) is 19.5 Å². The molecule has 3 aromatic rings. The lowest BCUT2D eigenvalue weighted by molar-refractivity contribution is 0.0621. The van der Waals surface area contributed by atoms with Crippen LogP contribution >= 0.6 is 0 Å².